The summed E-state index contributed by atoms with van der Waals surface area (Å²) in [6.07, 6.45) is 2.20. The largest absolute Gasteiger partial charge is 0.493 e. The smallest absolute Gasteiger partial charge is 0.309 e. The molecule has 2 aromatic rings. The number of piperidine rings is 1. The van der Waals surface area contributed by atoms with E-state index in [0.29, 0.717) is 39.1 Å². The Balaban J connectivity index is 1.36. The van der Waals surface area contributed by atoms with Crippen molar-refractivity contribution in [3.05, 3.63) is 60.2 Å². The number of rotatable bonds is 9. The molecule has 0 bridgehead atoms. The van der Waals surface area contributed by atoms with Crippen LogP contribution in [0.2, 0.25) is 0 Å². The van der Waals surface area contributed by atoms with Gasteiger partial charge in [-0.1, -0.05) is 30.3 Å². The molecule has 1 heterocycles. The summed E-state index contributed by atoms with van der Waals surface area (Å²) in [5.41, 5.74) is 2.13. The first kappa shape index (κ1) is 21.7. The number of nitrogens with one attached hydrogen (secondary N) is 1. The quantitative estimate of drug-likeness (QED) is 0.641. The summed E-state index contributed by atoms with van der Waals surface area (Å²) in [6, 6.07) is 17.9. The number of hydrogen-bond donors (Lipinski definition) is 1. The normalized spacial score (nSPS) is 14.2. The molecule has 0 spiro atoms. The number of amides is 1. The summed E-state index contributed by atoms with van der Waals surface area (Å²) < 4.78 is 10.9. The average Bonchev–Trinajstić information content (AvgIpc) is 2.79. The molecule has 2 aromatic carbocycles. The van der Waals surface area contributed by atoms with Crippen LogP contribution in [0.3, 0.4) is 0 Å². The van der Waals surface area contributed by atoms with Gasteiger partial charge in [0.15, 0.2) is 0 Å². The molecule has 1 aliphatic heterocycles. The van der Waals surface area contributed by atoms with Gasteiger partial charge in [0.05, 0.1) is 25.7 Å². The predicted molar refractivity (Wildman–Crippen MR) is 117 cm³/mol. The zero-order valence-electron chi connectivity index (χ0n) is 17.5. The molecule has 30 heavy (non-hydrogen) atoms. The monoisotopic (exact) mass is 410 g/mol. The van der Waals surface area contributed by atoms with Gasteiger partial charge >= 0.3 is 5.97 Å². The summed E-state index contributed by atoms with van der Waals surface area (Å²) in [5, 5.41) is 3.17. The van der Waals surface area contributed by atoms with Gasteiger partial charge in [0, 0.05) is 25.2 Å². The minimum Gasteiger partial charge on any atom is -0.493 e. The molecular formula is C24H30N2O4. The lowest BCUT2D eigenvalue weighted by atomic mass is 9.97. The van der Waals surface area contributed by atoms with Gasteiger partial charge in [0.25, 0.3) is 0 Å². The van der Waals surface area contributed by atoms with E-state index in [1.165, 1.54) is 5.56 Å². The Kier molecular flexibility index (Phi) is 8.12. The van der Waals surface area contributed by atoms with Crippen LogP contribution in [0.25, 0.3) is 0 Å². The van der Waals surface area contributed by atoms with E-state index in [4.69, 9.17) is 9.47 Å². The summed E-state index contributed by atoms with van der Waals surface area (Å²) in [5.74, 6) is 0.620. The van der Waals surface area contributed by atoms with Crippen LogP contribution in [0.1, 0.15) is 25.3 Å². The molecule has 1 aliphatic rings. The van der Waals surface area contributed by atoms with Crippen LogP contribution in [0, 0.1) is 5.92 Å². The van der Waals surface area contributed by atoms with Crippen LogP contribution >= 0.6 is 0 Å². The molecule has 0 aliphatic carbocycles. The van der Waals surface area contributed by atoms with Crippen LogP contribution in [0.4, 0.5) is 5.69 Å². The van der Waals surface area contributed by atoms with Gasteiger partial charge in [-0.15, -0.1) is 0 Å². The van der Waals surface area contributed by atoms with Gasteiger partial charge < -0.3 is 19.7 Å². The number of esters is 1. The second kappa shape index (κ2) is 11.2. The van der Waals surface area contributed by atoms with Gasteiger partial charge in [-0.2, -0.15) is 0 Å². The molecule has 0 radical (unpaired) electrons. The van der Waals surface area contributed by atoms with E-state index in [-0.39, 0.29) is 24.3 Å². The number of hydrogen-bond acceptors (Lipinski definition) is 5. The van der Waals surface area contributed by atoms with Gasteiger partial charge in [-0.3, -0.25) is 9.59 Å². The molecular weight excluding hydrogens is 380 g/mol. The van der Waals surface area contributed by atoms with Crippen molar-refractivity contribution in [3.8, 4) is 5.75 Å². The number of carbonyl (C=O) groups is 2. The van der Waals surface area contributed by atoms with E-state index in [0.717, 1.165) is 17.9 Å². The van der Waals surface area contributed by atoms with Crippen molar-refractivity contribution >= 4 is 17.6 Å². The van der Waals surface area contributed by atoms with Gasteiger partial charge in [-0.05, 0) is 49.6 Å². The number of anilines is 1. The van der Waals surface area contributed by atoms with Gasteiger partial charge in [-0.25, -0.2) is 0 Å². The predicted octanol–water partition coefficient (Wildman–Crippen LogP) is 3.52. The fourth-order valence-electron chi connectivity index (χ4n) is 3.51. The Hall–Kier alpha value is -3.02. The van der Waals surface area contributed by atoms with E-state index in [1.54, 1.807) is 0 Å². The van der Waals surface area contributed by atoms with E-state index >= 15 is 0 Å². The van der Waals surface area contributed by atoms with Crippen molar-refractivity contribution in [2.75, 3.05) is 38.2 Å². The minimum absolute atomic E-state index is 0.0421. The highest BCUT2D eigenvalue weighted by molar-refractivity contribution is 5.81. The van der Waals surface area contributed by atoms with Crippen LogP contribution in [-0.4, -0.2) is 49.6 Å². The number of ether oxygens (including phenoxy) is 2. The van der Waals surface area contributed by atoms with Crippen molar-refractivity contribution in [2.24, 2.45) is 5.92 Å². The average molecular weight is 411 g/mol. The van der Waals surface area contributed by atoms with Crippen molar-refractivity contribution in [3.63, 3.8) is 0 Å². The third-order valence-corrected chi connectivity index (χ3v) is 5.27. The van der Waals surface area contributed by atoms with Gasteiger partial charge in [0.1, 0.15) is 5.75 Å². The van der Waals surface area contributed by atoms with Crippen LogP contribution in [0.5, 0.6) is 5.75 Å². The third-order valence-electron chi connectivity index (χ3n) is 5.27. The number of benzene rings is 2. The number of nitrogens with zero attached hydrogens (tertiary/aromatic N) is 1. The first-order valence-electron chi connectivity index (χ1n) is 10.6. The summed E-state index contributed by atoms with van der Waals surface area (Å²) in [7, 11) is 0. The lowest BCUT2D eigenvalue weighted by Crippen LogP contribution is -2.43. The van der Waals surface area contributed by atoms with Crippen LogP contribution in [-0.2, 0) is 20.7 Å². The molecule has 0 saturated carbocycles. The van der Waals surface area contributed by atoms with Crippen molar-refractivity contribution < 1.29 is 19.1 Å². The highest BCUT2D eigenvalue weighted by Crippen LogP contribution is 2.19. The molecule has 0 aromatic heterocycles. The van der Waals surface area contributed by atoms with Crippen LogP contribution in [0.15, 0.2) is 54.6 Å². The molecule has 160 valence electrons. The first-order valence-corrected chi connectivity index (χ1v) is 10.6. The van der Waals surface area contributed by atoms with Gasteiger partial charge in [0.2, 0.25) is 5.91 Å². The molecule has 6 heteroatoms. The summed E-state index contributed by atoms with van der Waals surface area (Å²) >= 11 is 0. The first-order chi connectivity index (χ1) is 14.7. The summed E-state index contributed by atoms with van der Waals surface area (Å²) in [6.45, 7) is 4.26. The molecule has 1 saturated heterocycles. The maximum Gasteiger partial charge on any atom is 0.309 e. The Morgan fingerprint density at radius 2 is 1.73 bits per heavy atom. The molecule has 3 rings (SSSR count). The second-order valence-corrected chi connectivity index (χ2v) is 7.37. The van der Waals surface area contributed by atoms with E-state index in [1.807, 2.05) is 54.3 Å². The Bertz CT molecular complexity index is 800. The Labute approximate surface area is 178 Å². The fourth-order valence-corrected chi connectivity index (χ4v) is 3.51. The lowest BCUT2D eigenvalue weighted by Gasteiger charge is -2.31. The highest BCUT2D eigenvalue weighted by atomic mass is 16.5. The number of likely N-dealkylation sites (tertiary alicyclic amines) is 1. The zero-order valence-corrected chi connectivity index (χ0v) is 17.5. The highest BCUT2D eigenvalue weighted by Gasteiger charge is 2.27. The number of carbonyl (C=O) groups excluding carboxylic acids is 2. The SMILES string of the molecule is CCOC(=O)C1CCN(C(=O)CNc2ccc(OCCc3ccccc3)cc2)CC1. The molecule has 1 amide bonds. The standard InChI is InChI=1S/C24H30N2O4/c1-2-29-24(28)20-12-15-26(16-13-20)23(27)18-25-21-8-10-22(11-9-21)30-17-14-19-6-4-3-5-7-19/h3-11,20,25H,2,12-18H2,1H3. The molecule has 1 N–H and O–H groups in total. The maximum atomic E-state index is 12.4. The molecule has 6 nitrogen and oxygen atoms in total. The van der Waals surface area contributed by atoms with Crippen molar-refractivity contribution in [1.29, 1.82) is 0 Å². The fraction of sp³-hybridized carbons (Fsp3) is 0.417. The van der Waals surface area contributed by atoms with Crippen molar-refractivity contribution in [1.82, 2.24) is 4.90 Å². The molecule has 1 fully saturated rings. The molecule has 0 atom stereocenters. The second-order valence-electron chi connectivity index (χ2n) is 7.37. The Morgan fingerprint density at radius 3 is 2.40 bits per heavy atom. The summed E-state index contributed by atoms with van der Waals surface area (Å²) in [4.78, 5) is 26.1. The van der Waals surface area contributed by atoms with Crippen molar-refractivity contribution in [2.45, 2.75) is 26.2 Å². The van der Waals surface area contributed by atoms with E-state index in [2.05, 4.69) is 17.4 Å². The lowest BCUT2D eigenvalue weighted by molar-refractivity contribution is -0.151. The maximum absolute atomic E-state index is 12.4. The third kappa shape index (κ3) is 6.51. The zero-order chi connectivity index (χ0) is 21.2. The van der Waals surface area contributed by atoms with E-state index < -0.39 is 0 Å². The Morgan fingerprint density at radius 1 is 1.03 bits per heavy atom. The minimum atomic E-state index is -0.145. The van der Waals surface area contributed by atoms with E-state index in [9.17, 15) is 9.59 Å². The molecule has 0 unspecified atom stereocenters. The van der Waals surface area contributed by atoms with Crippen LogP contribution < -0.4 is 10.1 Å². The topological polar surface area (TPSA) is 67.9 Å².